The number of piperidine rings is 1. The fourth-order valence-electron chi connectivity index (χ4n) is 6.14. The van der Waals surface area contributed by atoms with Gasteiger partial charge in [0, 0.05) is 17.5 Å². The Balaban J connectivity index is 0.00000274. The van der Waals surface area contributed by atoms with Crippen LogP contribution >= 0.6 is 12.4 Å². The molecule has 5 rings (SSSR count). The van der Waals surface area contributed by atoms with Gasteiger partial charge in [-0.1, -0.05) is 30.3 Å². The average molecular weight is 498 g/mol. The number of benzene rings is 2. The van der Waals surface area contributed by atoms with Crippen LogP contribution in [-0.2, 0) is 10.3 Å². The maximum absolute atomic E-state index is 12.9. The van der Waals surface area contributed by atoms with Gasteiger partial charge < -0.3 is 19.5 Å². The molecule has 0 aromatic heterocycles. The molecule has 4 unspecified atom stereocenters. The van der Waals surface area contributed by atoms with Crippen LogP contribution in [0.1, 0.15) is 63.0 Å². The first kappa shape index (κ1) is 25.1. The molecule has 3 aliphatic rings. The van der Waals surface area contributed by atoms with Gasteiger partial charge >= 0.3 is 6.36 Å². The van der Waals surface area contributed by atoms with Crippen molar-refractivity contribution >= 4 is 12.4 Å². The number of rotatable bonds is 5. The molecule has 186 valence electrons. The normalized spacial score (nSPS) is 30.4. The van der Waals surface area contributed by atoms with Gasteiger partial charge in [0.1, 0.15) is 11.5 Å². The highest BCUT2D eigenvalue weighted by atomic mass is 35.5. The van der Waals surface area contributed by atoms with Crippen molar-refractivity contribution in [1.82, 2.24) is 5.32 Å². The molecule has 3 saturated heterocycles. The number of alkyl halides is 3. The van der Waals surface area contributed by atoms with Gasteiger partial charge in [-0.15, -0.1) is 25.6 Å². The monoisotopic (exact) mass is 497 g/mol. The molecule has 0 amide bonds. The molecule has 2 aromatic rings. The molecule has 4 nitrogen and oxygen atoms in total. The molecule has 3 fully saturated rings. The smallest absolute Gasteiger partial charge is 0.491 e. The Morgan fingerprint density at radius 1 is 1.06 bits per heavy atom. The first-order valence-corrected chi connectivity index (χ1v) is 11.7. The van der Waals surface area contributed by atoms with Crippen molar-refractivity contribution < 1.29 is 27.4 Å². The second kappa shape index (κ2) is 9.25. The van der Waals surface area contributed by atoms with Gasteiger partial charge in [0.2, 0.25) is 0 Å². The van der Waals surface area contributed by atoms with Crippen LogP contribution in [0.25, 0.3) is 0 Å². The standard InChI is InChI=1S/C26H30F3NO3.ClH/c1-17(2)32-23-9-8-21(33-26(27,28)29)14-22(23)18-15-24(31-16-18)12-10-20-11-13-25(24,30-20)19-6-4-3-5-7-19;/h3-9,14,17-18,20,30H,10-13,15-16H2,1-2H3;1H. The Morgan fingerprint density at radius 2 is 1.79 bits per heavy atom. The first-order valence-electron chi connectivity index (χ1n) is 11.7. The van der Waals surface area contributed by atoms with Crippen molar-refractivity contribution in [3.8, 4) is 11.5 Å². The molecule has 8 heteroatoms. The van der Waals surface area contributed by atoms with Crippen molar-refractivity contribution in [3.05, 3.63) is 59.7 Å². The Hall–Kier alpha value is -1.96. The minimum absolute atomic E-state index is 0. The molecule has 0 radical (unpaired) electrons. The number of fused-ring (bicyclic) bond motifs is 3. The predicted molar refractivity (Wildman–Crippen MR) is 126 cm³/mol. The zero-order valence-electron chi connectivity index (χ0n) is 19.4. The largest absolute Gasteiger partial charge is 0.573 e. The van der Waals surface area contributed by atoms with Gasteiger partial charge in [0.05, 0.1) is 23.9 Å². The fraction of sp³-hybridized carbons (Fsp3) is 0.538. The van der Waals surface area contributed by atoms with E-state index >= 15 is 0 Å². The zero-order chi connectivity index (χ0) is 23.3. The maximum Gasteiger partial charge on any atom is 0.573 e. The van der Waals surface area contributed by atoms with Crippen LogP contribution in [0.3, 0.4) is 0 Å². The Labute approximate surface area is 204 Å². The highest BCUT2D eigenvalue weighted by molar-refractivity contribution is 5.85. The lowest BCUT2D eigenvalue weighted by Gasteiger charge is -2.50. The molecule has 0 aliphatic carbocycles. The second-order valence-electron chi connectivity index (χ2n) is 9.81. The van der Waals surface area contributed by atoms with E-state index in [4.69, 9.17) is 9.47 Å². The highest BCUT2D eigenvalue weighted by Crippen LogP contribution is 2.58. The number of hydrogen-bond donors (Lipinski definition) is 1. The minimum Gasteiger partial charge on any atom is -0.491 e. The fourth-order valence-corrected chi connectivity index (χ4v) is 6.14. The van der Waals surface area contributed by atoms with Crippen LogP contribution in [0, 0.1) is 0 Å². The summed E-state index contributed by atoms with van der Waals surface area (Å²) in [6.07, 6.45) is -0.0807. The third-order valence-electron chi connectivity index (χ3n) is 7.41. The van der Waals surface area contributed by atoms with E-state index in [1.165, 1.54) is 17.7 Å². The number of hydrogen-bond acceptors (Lipinski definition) is 4. The lowest BCUT2D eigenvalue weighted by molar-refractivity contribution is -0.274. The van der Waals surface area contributed by atoms with Crippen LogP contribution < -0.4 is 14.8 Å². The second-order valence-corrected chi connectivity index (χ2v) is 9.81. The van der Waals surface area contributed by atoms with Gasteiger partial charge in [-0.3, -0.25) is 0 Å². The quantitative estimate of drug-likeness (QED) is 0.513. The summed E-state index contributed by atoms with van der Waals surface area (Å²) in [7, 11) is 0. The van der Waals surface area contributed by atoms with Gasteiger partial charge in [0.25, 0.3) is 0 Å². The van der Waals surface area contributed by atoms with Crippen LogP contribution in [0.5, 0.6) is 11.5 Å². The topological polar surface area (TPSA) is 39.7 Å². The number of nitrogens with one attached hydrogen (secondary N) is 1. The molecular formula is C26H31ClF3NO3. The van der Waals surface area contributed by atoms with Gasteiger partial charge in [-0.25, -0.2) is 0 Å². The molecule has 4 atom stereocenters. The van der Waals surface area contributed by atoms with Crippen LogP contribution in [-0.4, -0.2) is 30.7 Å². The molecule has 3 aliphatic heterocycles. The summed E-state index contributed by atoms with van der Waals surface area (Å²) >= 11 is 0. The van der Waals surface area contributed by atoms with E-state index in [0.717, 1.165) is 25.7 Å². The van der Waals surface area contributed by atoms with E-state index in [0.29, 0.717) is 30.4 Å². The Kier molecular flexibility index (Phi) is 6.84. The molecule has 34 heavy (non-hydrogen) atoms. The molecule has 2 bridgehead atoms. The molecule has 1 N–H and O–H groups in total. The summed E-state index contributed by atoms with van der Waals surface area (Å²) in [6, 6.07) is 15.3. The van der Waals surface area contributed by atoms with Crippen molar-refractivity contribution in [2.45, 2.75) is 81.5 Å². The van der Waals surface area contributed by atoms with E-state index in [1.807, 2.05) is 19.9 Å². The van der Waals surface area contributed by atoms with E-state index in [-0.39, 0.29) is 35.7 Å². The first-order chi connectivity index (χ1) is 15.7. The van der Waals surface area contributed by atoms with Crippen molar-refractivity contribution in [1.29, 1.82) is 0 Å². The lowest BCUT2D eigenvalue weighted by atomic mass is 9.67. The van der Waals surface area contributed by atoms with E-state index in [2.05, 4.69) is 34.3 Å². The van der Waals surface area contributed by atoms with Gasteiger partial charge in [-0.2, -0.15) is 0 Å². The lowest BCUT2D eigenvalue weighted by Crippen LogP contribution is -2.61. The SMILES string of the molecule is CC(C)Oc1ccc(OC(F)(F)F)cc1C1COC2(CCC3CCC2(c2ccccc2)N3)C1.Cl. The van der Waals surface area contributed by atoms with Crippen LogP contribution in [0.15, 0.2) is 48.5 Å². The number of ether oxygens (including phenoxy) is 3. The third kappa shape index (κ3) is 4.50. The molecule has 1 spiro atoms. The molecular weight excluding hydrogens is 467 g/mol. The number of halogens is 4. The summed E-state index contributed by atoms with van der Waals surface area (Å²) in [5.41, 5.74) is 1.24. The summed E-state index contributed by atoms with van der Waals surface area (Å²) in [5.74, 6) is 0.275. The summed E-state index contributed by atoms with van der Waals surface area (Å²) in [5, 5.41) is 3.88. The summed E-state index contributed by atoms with van der Waals surface area (Å²) < 4.78 is 55.6. The van der Waals surface area contributed by atoms with Gasteiger partial charge in [-0.05, 0) is 69.7 Å². The Bertz CT molecular complexity index is 1000. The summed E-state index contributed by atoms with van der Waals surface area (Å²) in [6.45, 7) is 4.25. The van der Waals surface area contributed by atoms with Crippen LogP contribution in [0.2, 0.25) is 0 Å². The van der Waals surface area contributed by atoms with E-state index in [1.54, 1.807) is 6.07 Å². The Morgan fingerprint density at radius 3 is 2.50 bits per heavy atom. The third-order valence-corrected chi connectivity index (χ3v) is 7.41. The van der Waals surface area contributed by atoms with Gasteiger partial charge in [0.15, 0.2) is 0 Å². The predicted octanol–water partition coefficient (Wildman–Crippen LogP) is 6.48. The summed E-state index contributed by atoms with van der Waals surface area (Å²) in [4.78, 5) is 0. The molecule has 3 heterocycles. The van der Waals surface area contributed by atoms with E-state index in [9.17, 15) is 13.2 Å². The van der Waals surface area contributed by atoms with Crippen LogP contribution in [0.4, 0.5) is 13.2 Å². The van der Waals surface area contributed by atoms with Crippen molar-refractivity contribution in [2.24, 2.45) is 0 Å². The zero-order valence-corrected chi connectivity index (χ0v) is 20.2. The van der Waals surface area contributed by atoms with Crippen molar-refractivity contribution in [2.75, 3.05) is 6.61 Å². The maximum atomic E-state index is 12.9. The van der Waals surface area contributed by atoms with E-state index < -0.39 is 12.0 Å². The average Bonchev–Trinajstić information content (AvgIpc) is 3.35. The molecule has 2 aromatic carbocycles. The highest BCUT2D eigenvalue weighted by Gasteiger charge is 2.62. The molecule has 0 saturated carbocycles. The van der Waals surface area contributed by atoms with Crippen molar-refractivity contribution in [3.63, 3.8) is 0 Å². The minimum atomic E-state index is -4.74.